The number of nitrogens with one attached hydrogen (secondary N) is 1. The number of thioether (sulfide) groups is 1. The molecule has 1 atom stereocenters. The van der Waals surface area contributed by atoms with Gasteiger partial charge in [0.15, 0.2) is 0 Å². The van der Waals surface area contributed by atoms with E-state index in [1.165, 1.54) is 23.1 Å². The van der Waals surface area contributed by atoms with Crippen molar-refractivity contribution in [3.05, 3.63) is 65.5 Å². The fraction of sp³-hybridized carbons (Fsp3) is 0.150. The van der Waals surface area contributed by atoms with Crippen molar-refractivity contribution in [3.63, 3.8) is 0 Å². The van der Waals surface area contributed by atoms with Crippen molar-refractivity contribution in [1.29, 1.82) is 0 Å². The highest BCUT2D eigenvalue weighted by Gasteiger charge is 2.15. The predicted molar refractivity (Wildman–Crippen MR) is 109 cm³/mol. The molecule has 0 aliphatic carbocycles. The average Bonchev–Trinajstić information content (AvgIpc) is 3.37. The number of rotatable bonds is 6. The van der Waals surface area contributed by atoms with Gasteiger partial charge in [0.2, 0.25) is 5.91 Å². The number of aromatic nitrogens is 2. The van der Waals surface area contributed by atoms with E-state index >= 15 is 0 Å². The van der Waals surface area contributed by atoms with Gasteiger partial charge in [-0.2, -0.15) is 0 Å². The molecule has 2 heterocycles. The van der Waals surface area contributed by atoms with Gasteiger partial charge < -0.3 is 9.73 Å². The summed E-state index contributed by atoms with van der Waals surface area (Å²) in [7, 11) is 0. The lowest BCUT2D eigenvalue weighted by molar-refractivity contribution is -0.119. The lowest BCUT2D eigenvalue weighted by Crippen LogP contribution is -2.28. The van der Waals surface area contributed by atoms with Gasteiger partial charge >= 0.3 is 0 Å². The van der Waals surface area contributed by atoms with Gasteiger partial charge in [0.1, 0.15) is 0 Å². The molecule has 136 valence electrons. The van der Waals surface area contributed by atoms with Crippen LogP contribution in [0.3, 0.4) is 0 Å². The molecule has 0 saturated carbocycles. The standard InChI is InChI=1S/C20H17N3O2S2/c1-13(15-9-4-7-14-6-2-3-8-16(14)15)21-18(24)12-27-20-23-22-19(25-20)17-10-5-11-26-17/h2-11,13H,12H2,1H3,(H,21,24)/t13-/m0/s1. The van der Waals surface area contributed by atoms with Crippen molar-refractivity contribution < 1.29 is 9.21 Å². The van der Waals surface area contributed by atoms with Gasteiger partial charge in [-0.1, -0.05) is 60.3 Å². The third kappa shape index (κ3) is 4.04. The topological polar surface area (TPSA) is 68.0 Å². The maximum absolute atomic E-state index is 12.4. The maximum Gasteiger partial charge on any atom is 0.277 e. The molecule has 2 aromatic heterocycles. The first-order chi connectivity index (χ1) is 13.2. The zero-order chi connectivity index (χ0) is 18.6. The molecule has 0 bridgehead atoms. The molecule has 0 aliphatic rings. The minimum Gasteiger partial charge on any atom is -0.410 e. The Morgan fingerprint density at radius 3 is 2.85 bits per heavy atom. The second-order valence-corrected chi connectivity index (χ2v) is 7.87. The Balaban J connectivity index is 1.38. The lowest BCUT2D eigenvalue weighted by atomic mass is 10.00. The summed E-state index contributed by atoms with van der Waals surface area (Å²) >= 11 is 2.78. The van der Waals surface area contributed by atoms with Crippen molar-refractivity contribution in [3.8, 4) is 10.8 Å². The molecule has 4 rings (SSSR count). The first-order valence-electron chi connectivity index (χ1n) is 8.48. The van der Waals surface area contributed by atoms with Gasteiger partial charge in [-0.15, -0.1) is 21.5 Å². The minimum atomic E-state index is -0.0893. The molecule has 2 aromatic carbocycles. The maximum atomic E-state index is 12.4. The Hall–Kier alpha value is -2.64. The molecule has 0 spiro atoms. The molecule has 5 nitrogen and oxygen atoms in total. The van der Waals surface area contributed by atoms with Crippen LogP contribution in [0.5, 0.6) is 0 Å². The second-order valence-electron chi connectivity index (χ2n) is 6.00. The zero-order valence-corrected chi connectivity index (χ0v) is 16.2. The molecule has 0 saturated heterocycles. The molecule has 4 aromatic rings. The summed E-state index contributed by atoms with van der Waals surface area (Å²) in [6.45, 7) is 1.99. The smallest absolute Gasteiger partial charge is 0.277 e. The Kier molecular flexibility index (Phi) is 5.22. The number of thiophene rings is 1. The third-order valence-electron chi connectivity index (χ3n) is 4.13. The van der Waals surface area contributed by atoms with Crippen molar-refractivity contribution in [1.82, 2.24) is 15.5 Å². The minimum absolute atomic E-state index is 0.0729. The number of benzene rings is 2. The molecule has 27 heavy (non-hydrogen) atoms. The largest absolute Gasteiger partial charge is 0.410 e. The van der Waals surface area contributed by atoms with E-state index in [-0.39, 0.29) is 17.7 Å². The van der Waals surface area contributed by atoms with Crippen LogP contribution in [0.2, 0.25) is 0 Å². The molecule has 7 heteroatoms. The molecule has 1 N–H and O–H groups in total. The van der Waals surface area contributed by atoms with Crippen molar-refractivity contribution in [2.45, 2.75) is 18.2 Å². The Morgan fingerprint density at radius 1 is 1.15 bits per heavy atom. The molecule has 0 radical (unpaired) electrons. The van der Waals surface area contributed by atoms with E-state index in [0.29, 0.717) is 11.1 Å². The number of fused-ring (bicyclic) bond motifs is 1. The number of amides is 1. The van der Waals surface area contributed by atoms with Crippen LogP contribution in [-0.2, 0) is 4.79 Å². The summed E-state index contributed by atoms with van der Waals surface area (Å²) < 4.78 is 5.60. The van der Waals surface area contributed by atoms with Crippen LogP contribution in [0.1, 0.15) is 18.5 Å². The van der Waals surface area contributed by atoms with Gasteiger partial charge in [-0.3, -0.25) is 4.79 Å². The van der Waals surface area contributed by atoms with Gasteiger partial charge in [0.05, 0.1) is 16.7 Å². The van der Waals surface area contributed by atoms with Crippen LogP contribution in [-0.4, -0.2) is 21.9 Å². The number of hydrogen-bond donors (Lipinski definition) is 1. The Bertz CT molecular complexity index is 1050. The van der Waals surface area contributed by atoms with Gasteiger partial charge in [-0.25, -0.2) is 0 Å². The van der Waals surface area contributed by atoms with Crippen LogP contribution < -0.4 is 5.32 Å². The van der Waals surface area contributed by atoms with E-state index in [0.717, 1.165) is 21.2 Å². The Labute approximate surface area is 164 Å². The summed E-state index contributed by atoms with van der Waals surface area (Å²) in [6.07, 6.45) is 0. The number of carbonyl (C=O) groups is 1. The predicted octanol–water partition coefficient (Wildman–Crippen LogP) is 4.92. The first kappa shape index (κ1) is 17.8. The lowest BCUT2D eigenvalue weighted by Gasteiger charge is -2.16. The highest BCUT2D eigenvalue weighted by molar-refractivity contribution is 7.99. The van der Waals surface area contributed by atoms with Crippen molar-refractivity contribution >= 4 is 39.8 Å². The van der Waals surface area contributed by atoms with Crippen molar-refractivity contribution in [2.75, 3.05) is 5.75 Å². The third-order valence-corrected chi connectivity index (χ3v) is 5.81. The number of nitrogens with zero attached hydrogens (tertiary/aromatic N) is 2. The van der Waals surface area contributed by atoms with E-state index in [1.54, 1.807) is 0 Å². The first-order valence-corrected chi connectivity index (χ1v) is 10.3. The van der Waals surface area contributed by atoms with E-state index in [9.17, 15) is 4.79 Å². The van der Waals surface area contributed by atoms with Gasteiger partial charge in [0, 0.05) is 0 Å². The monoisotopic (exact) mass is 395 g/mol. The quantitative estimate of drug-likeness (QED) is 0.469. The van der Waals surface area contributed by atoms with E-state index in [2.05, 4.69) is 33.7 Å². The van der Waals surface area contributed by atoms with Gasteiger partial charge in [-0.05, 0) is 34.7 Å². The normalized spacial score (nSPS) is 12.2. The second kappa shape index (κ2) is 7.94. The zero-order valence-electron chi connectivity index (χ0n) is 14.6. The summed E-state index contributed by atoms with van der Waals surface area (Å²) in [6, 6.07) is 18.1. The summed E-state index contributed by atoms with van der Waals surface area (Å²) in [5.41, 5.74) is 1.10. The van der Waals surface area contributed by atoms with Crippen LogP contribution in [0.15, 0.2) is 69.6 Å². The van der Waals surface area contributed by atoms with Crippen LogP contribution in [0.4, 0.5) is 0 Å². The van der Waals surface area contributed by atoms with E-state index in [1.807, 2.05) is 48.7 Å². The van der Waals surface area contributed by atoms with Crippen LogP contribution >= 0.6 is 23.1 Å². The summed E-state index contributed by atoms with van der Waals surface area (Å²) in [4.78, 5) is 13.3. The van der Waals surface area contributed by atoms with Crippen LogP contribution in [0, 0.1) is 0 Å². The van der Waals surface area contributed by atoms with Crippen molar-refractivity contribution in [2.24, 2.45) is 0 Å². The summed E-state index contributed by atoms with van der Waals surface area (Å²) in [5, 5.41) is 15.7. The molecule has 0 unspecified atom stereocenters. The van der Waals surface area contributed by atoms with E-state index < -0.39 is 0 Å². The number of hydrogen-bond acceptors (Lipinski definition) is 6. The molecule has 0 aliphatic heterocycles. The number of carbonyl (C=O) groups excluding carboxylic acids is 1. The summed E-state index contributed by atoms with van der Waals surface area (Å²) in [5.74, 6) is 0.634. The highest BCUT2D eigenvalue weighted by atomic mass is 32.2. The Morgan fingerprint density at radius 2 is 2.00 bits per heavy atom. The van der Waals surface area contributed by atoms with Gasteiger partial charge in [0.25, 0.3) is 11.1 Å². The fourth-order valence-corrected chi connectivity index (χ4v) is 4.10. The molecule has 1 amide bonds. The average molecular weight is 396 g/mol. The highest BCUT2D eigenvalue weighted by Crippen LogP contribution is 2.27. The fourth-order valence-electron chi connectivity index (χ4n) is 2.88. The molecular weight excluding hydrogens is 378 g/mol. The molecular formula is C20H17N3O2S2. The SMILES string of the molecule is C[C@H](NC(=O)CSc1nnc(-c2cccs2)o1)c1cccc2ccccc12. The van der Waals surface area contributed by atoms with E-state index in [4.69, 9.17) is 4.42 Å². The van der Waals surface area contributed by atoms with Crippen LogP contribution in [0.25, 0.3) is 21.5 Å². The molecule has 0 fully saturated rings.